The van der Waals surface area contributed by atoms with Crippen molar-refractivity contribution in [1.29, 1.82) is 0 Å². The molecule has 4 rings (SSSR count). The van der Waals surface area contributed by atoms with Crippen LogP contribution in [0.4, 0.5) is 0 Å². The molecule has 2 bridgehead atoms. The summed E-state index contributed by atoms with van der Waals surface area (Å²) >= 11 is 1.33. The van der Waals surface area contributed by atoms with Crippen molar-refractivity contribution in [3.05, 3.63) is 52.0 Å². The highest BCUT2D eigenvalue weighted by molar-refractivity contribution is 7.09. The predicted molar refractivity (Wildman–Crippen MR) is 149 cm³/mol. The van der Waals surface area contributed by atoms with Gasteiger partial charge in [-0.1, -0.05) is 37.3 Å². The van der Waals surface area contributed by atoms with Crippen molar-refractivity contribution < 1.29 is 19.2 Å². The Morgan fingerprint density at radius 2 is 1.79 bits per heavy atom. The minimum absolute atomic E-state index is 0.149. The second-order valence-electron chi connectivity index (χ2n) is 10.1. The number of nitrogens with zero attached hydrogens (tertiary/aromatic N) is 1. The summed E-state index contributed by atoms with van der Waals surface area (Å²) in [4.78, 5) is 57.0. The maximum atomic E-state index is 13.4. The summed E-state index contributed by atoms with van der Waals surface area (Å²) in [6.45, 7) is 3.75. The normalized spacial score (nSPS) is 25.2. The molecule has 1 fully saturated rings. The van der Waals surface area contributed by atoms with Crippen molar-refractivity contribution >= 4 is 35.0 Å². The largest absolute Gasteiger partial charge is 0.351 e. The SMILES string of the molecule is CC[C@H]1NC(=O)[C@@H](NC(=O)[C@H]2CCCNC2)CCCCNC(=O)c2csc(n2)[C@H](Cc2ccccc2)NC1=O. The summed E-state index contributed by atoms with van der Waals surface area (Å²) in [6, 6.07) is 7.72. The van der Waals surface area contributed by atoms with Gasteiger partial charge in [-0.15, -0.1) is 11.3 Å². The Balaban J connectivity index is 1.54. The van der Waals surface area contributed by atoms with E-state index in [1.165, 1.54) is 11.3 Å². The lowest BCUT2D eigenvalue weighted by molar-refractivity contribution is -0.133. The molecule has 0 unspecified atom stereocenters. The predicted octanol–water partition coefficient (Wildman–Crippen LogP) is 1.84. The summed E-state index contributed by atoms with van der Waals surface area (Å²) in [5.41, 5.74) is 1.33. The fraction of sp³-hybridized carbons (Fsp3) is 0.536. The molecule has 0 radical (unpaired) electrons. The molecule has 0 aliphatic carbocycles. The van der Waals surface area contributed by atoms with E-state index in [9.17, 15) is 19.2 Å². The van der Waals surface area contributed by atoms with E-state index in [1.807, 2.05) is 37.3 Å². The molecule has 1 saturated heterocycles. The number of thiazole rings is 1. The van der Waals surface area contributed by atoms with E-state index >= 15 is 0 Å². The zero-order valence-corrected chi connectivity index (χ0v) is 23.1. The lowest BCUT2D eigenvalue weighted by Gasteiger charge is -2.27. The number of piperidine rings is 1. The van der Waals surface area contributed by atoms with Gasteiger partial charge >= 0.3 is 0 Å². The molecule has 0 spiro atoms. The molecule has 11 heteroatoms. The van der Waals surface area contributed by atoms with Crippen LogP contribution in [0.5, 0.6) is 0 Å². The molecular weight excluding hydrogens is 516 g/mol. The van der Waals surface area contributed by atoms with Gasteiger partial charge in [0.1, 0.15) is 22.8 Å². The van der Waals surface area contributed by atoms with Crippen molar-refractivity contribution in [3.8, 4) is 0 Å². The van der Waals surface area contributed by atoms with Gasteiger partial charge in [0.2, 0.25) is 17.7 Å². The molecule has 10 nitrogen and oxygen atoms in total. The fourth-order valence-corrected chi connectivity index (χ4v) is 5.75. The quantitative estimate of drug-likeness (QED) is 0.382. The van der Waals surface area contributed by atoms with Crippen LogP contribution >= 0.6 is 11.3 Å². The van der Waals surface area contributed by atoms with Gasteiger partial charge in [0.05, 0.1) is 12.0 Å². The summed E-state index contributed by atoms with van der Waals surface area (Å²) in [6.07, 6.45) is 4.22. The van der Waals surface area contributed by atoms with Gasteiger partial charge < -0.3 is 26.6 Å². The third kappa shape index (κ3) is 8.09. The first-order chi connectivity index (χ1) is 18.9. The Labute approximate surface area is 233 Å². The van der Waals surface area contributed by atoms with E-state index in [4.69, 9.17) is 0 Å². The van der Waals surface area contributed by atoms with Crippen LogP contribution in [0.25, 0.3) is 0 Å². The molecule has 39 heavy (non-hydrogen) atoms. The fourth-order valence-electron chi connectivity index (χ4n) is 4.90. The molecule has 1 aromatic heterocycles. The Hall–Kier alpha value is -3.31. The van der Waals surface area contributed by atoms with E-state index in [2.05, 4.69) is 31.6 Å². The molecule has 4 atom stereocenters. The van der Waals surface area contributed by atoms with E-state index in [0.717, 1.165) is 24.9 Å². The molecular formula is C28H38N6O4S. The molecule has 2 aromatic rings. The number of aromatic nitrogens is 1. The number of amides is 4. The van der Waals surface area contributed by atoms with Gasteiger partial charge in [-0.2, -0.15) is 0 Å². The number of fused-ring (bicyclic) bond motifs is 2. The van der Waals surface area contributed by atoms with Gasteiger partial charge in [-0.3, -0.25) is 19.2 Å². The van der Waals surface area contributed by atoms with E-state index in [-0.39, 0.29) is 29.5 Å². The highest BCUT2D eigenvalue weighted by Crippen LogP contribution is 2.23. The Morgan fingerprint density at radius 1 is 1.00 bits per heavy atom. The van der Waals surface area contributed by atoms with E-state index in [0.29, 0.717) is 55.9 Å². The Bertz CT molecular complexity index is 1130. The minimum Gasteiger partial charge on any atom is -0.351 e. The van der Waals surface area contributed by atoms with Crippen LogP contribution < -0.4 is 26.6 Å². The lowest BCUT2D eigenvalue weighted by Crippen LogP contribution is -2.55. The first-order valence-electron chi connectivity index (χ1n) is 13.8. The van der Waals surface area contributed by atoms with Crippen LogP contribution in [-0.2, 0) is 20.8 Å². The number of hydrogen-bond donors (Lipinski definition) is 5. The van der Waals surface area contributed by atoms with Gasteiger partial charge in [-0.25, -0.2) is 4.98 Å². The van der Waals surface area contributed by atoms with Crippen molar-refractivity contribution in [2.24, 2.45) is 5.92 Å². The molecule has 210 valence electrons. The highest BCUT2D eigenvalue weighted by atomic mass is 32.1. The zero-order valence-electron chi connectivity index (χ0n) is 22.3. The molecule has 4 amide bonds. The standard InChI is InChI=1S/C28H38N6O4S/c1-2-20-26(37)33-22(15-18-9-4-3-5-10-18)28-34-23(17-39-28)25(36)30-14-7-6-12-21(27(38)31-20)32-24(35)19-11-8-13-29-16-19/h3-5,9-10,17,19-22,29H,2,6-8,11-16H2,1H3,(H,30,36)(H,31,38)(H,32,35)(H,33,37)/t19-,20+,21-,22-/m0/s1. The van der Waals surface area contributed by atoms with Crippen LogP contribution in [0.3, 0.4) is 0 Å². The number of rotatable bonds is 5. The average molecular weight is 555 g/mol. The van der Waals surface area contributed by atoms with Gasteiger partial charge in [0, 0.05) is 18.5 Å². The van der Waals surface area contributed by atoms with Crippen LogP contribution in [0.2, 0.25) is 0 Å². The first kappa shape index (κ1) is 28.7. The number of nitrogens with one attached hydrogen (secondary N) is 5. The zero-order chi connectivity index (χ0) is 27.6. The second-order valence-corrected chi connectivity index (χ2v) is 11.0. The van der Waals surface area contributed by atoms with Gasteiger partial charge in [-0.05, 0) is 57.1 Å². The third-order valence-corrected chi connectivity index (χ3v) is 8.16. The van der Waals surface area contributed by atoms with Crippen molar-refractivity contribution in [3.63, 3.8) is 0 Å². The summed E-state index contributed by atoms with van der Waals surface area (Å²) in [7, 11) is 0. The van der Waals surface area contributed by atoms with Crippen molar-refractivity contribution in [2.45, 2.75) is 70.0 Å². The van der Waals surface area contributed by atoms with Crippen molar-refractivity contribution in [2.75, 3.05) is 19.6 Å². The van der Waals surface area contributed by atoms with Crippen LogP contribution in [-0.4, -0.2) is 60.3 Å². The second kappa shape index (κ2) is 14.2. The molecule has 3 heterocycles. The molecule has 2 aliphatic rings. The molecule has 2 aliphatic heterocycles. The molecule has 1 aromatic carbocycles. The lowest BCUT2D eigenvalue weighted by atomic mass is 9.97. The van der Waals surface area contributed by atoms with Gasteiger partial charge in [0.15, 0.2) is 0 Å². The van der Waals surface area contributed by atoms with E-state index < -0.39 is 18.1 Å². The smallest absolute Gasteiger partial charge is 0.270 e. The summed E-state index contributed by atoms with van der Waals surface area (Å²) in [5, 5.41) is 17.3. The van der Waals surface area contributed by atoms with E-state index in [1.54, 1.807) is 5.38 Å². The topological polar surface area (TPSA) is 141 Å². The van der Waals surface area contributed by atoms with Crippen LogP contribution in [0.1, 0.15) is 72.6 Å². The number of hydrogen-bond acceptors (Lipinski definition) is 7. The van der Waals surface area contributed by atoms with Gasteiger partial charge in [0.25, 0.3) is 5.91 Å². The maximum absolute atomic E-state index is 13.4. The highest BCUT2D eigenvalue weighted by Gasteiger charge is 2.30. The maximum Gasteiger partial charge on any atom is 0.270 e. The Kier molecular flexibility index (Phi) is 10.4. The molecule has 5 N–H and O–H groups in total. The first-order valence-corrected chi connectivity index (χ1v) is 14.7. The summed E-state index contributed by atoms with van der Waals surface area (Å²) in [5.74, 6) is -1.31. The average Bonchev–Trinajstić information content (AvgIpc) is 3.45. The molecule has 0 saturated carbocycles. The van der Waals surface area contributed by atoms with Crippen molar-refractivity contribution in [1.82, 2.24) is 31.6 Å². The monoisotopic (exact) mass is 554 g/mol. The number of carbonyl (C=O) groups is 4. The van der Waals surface area contributed by atoms with Crippen LogP contribution in [0.15, 0.2) is 35.7 Å². The van der Waals surface area contributed by atoms with Crippen LogP contribution in [0, 0.1) is 5.92 Å². The number of benzene rings is 1. The summed E-state index contributed by atoms with van der Waals surface area (Å²) < 4.78 is 0. The number of carbonyl (C=O) groups excluding carboxylic acids is 4. The Morgan fingerprint density at radius 3 is 2.54 bits per heavy atom. The minimum atomic E-state index is -0.776. The third-order valence-electron chi connectivity index (χ3n) is 7.20.